The van der Waals surface area contributed by atoms with Crippen molar-refractivity contribution in [2.75, 3.05) is 5.32 Å². The van der Waals surface area contributed by atoms with Crippen molar-refractivity contribution < 1.29 is 9.00 Å². The number of fused-ring (bicyclic) bond motifs is 1. The molecular formula is C13H21N3O2S. The van der Waals surface area contributed by atoms with E-state index in [0.717, 1.165) is 11.3 Å². The molecule has 1 amide bonds. The molecule has 106 valence electrons. The molecule has 1 N–H and O–H groups in total. The molecule has 1 aliphatic heterocycles. The molecule has 1 aliphatic rings. The minimum atomic E-state index is -0.886. The molecule has 1 atom stereocenters. The SMILES string of the molecule is CC(C)C(=O)Nc1c2c(nn1C(C)(C)C)CS(=O)C2. The Labute approximate surface area is 116 Å². The molecule has 0 spiro atoms. The zero-order chi connectivity index (χ0) is 14.4. The van der Waals surface area contributed by atoms with Crippen LogP contribution in [0.4, 0.5) is 5.82 Å². The summed E-state index contributed by atoms with van der Waals surface area (Å²) < 4.78 is 13.5. The summed E-state index contributed by atoms with van der Waals surface area (Å²) in [7, 11) is -0.886. The molecule has 2 rings (SSSR count). The number of hydrogen-bond donors (Lipinski definition) is 1. The molecule has 0 saturated carbocycles. The van der Waals surface area contributed by atoms with Crippen LogP contribution in [0.5, 0.6) is 0 Å². The van der Waals surface area contributed by atoms with Gasteiger partial charge in [-0.25, -0.2) is 4.68 Å². The first-order valence-electron chi connectivity index (χ1n) is 6.47. The lowest BCUT2D eigenvalue weighted by Crippen LogP contribution is -2.28. The second kappa shape index (κ2) is 4.74. The van der Waals surface area contributed by atoms with Gasteiger partial charge in [0.1, 0.15) is 5.82 Å². The van der Waals surface area contributed by atoms with Crippen molar-refractivity contribution in [2.24, 2.45) is 5.92 Å². The Morgan fingerprint density at radius 1 is 1.37 bits per heavy atom. The number of carbonyl (C=O) groups excluding carboxylic acids is 1. The summed E-state index contributed by atoms with van der Waals surface area (Å²) in [6, 6.07) is 0. The normalized spacial score (nSPS) is 18.7. The molecule has 0 aliphatic carbocycles. The van der Waals surface area contributed by atoms with E-state index in [1.54, 1.807) is 0 Å². The van der Waals surface area contributed by atoms with Crippen LogP contribution < -0.4 is 5.32 Å². The quantitative estimate of drug-likeness (QED) is 0.903. The highest BCUT2D eigenvalue weighted by Gasteiger charge is 2.31. The lowest BCUT2D eigenvalue weighted by Gasteiger charge is -2.23. The van der Waals surface area contributed by atoms with Gasteiger partial charge in [0.15, 0.2) is 0 Å². The highest BCUT2D eigenvalue weighted by Crippen LogP contribution is 2.33. The number of nitrogens with zero attached hydrogens (tertiary/aromatic N) is 2. The summed E-state index contributed by atoms with van der Waals surface area (Å²) in [5, 5.41) is 7.48. The zero-order valence-electron chi connectivity index (χ0n) is 12.1. The van der Waals surface area contributed by atoms with Gasteiger partial charge in [-0.1, -0.05) is 13.8 Å². The highest BCUT2D eigenvalue weighted by molar-refractivity contribution is 7.83. The Hall–Kier alpha value is -1.17. The average Bonchev–Trinajstić information content (AvgIpc) is 2.75. The van der Waals surface area contributed by atoms with Crippen molar-refractivity contribution in [2.45, 2.75) is 51.7 Å². The molecule has 19 heavy (non-hydrogen) atoms. The van der Waals surface area contributed by atoms with Gasteiger partial charge in [-0.15, -0.1) is 0 Å². The number of rotatable bonds is 2. The van der Waals surface area contributed by atoms with Gasteiger partial charge in [0.25, 0.3) is 0 Å². The van der Waals surface area contributed by atoms with E-state index in [4.69, 9.17) is 0 Å². The van der Waals surface area contributed by atoms with Gasteiger partial charge in [-0.05, 0) is 20.8 Å². The molecule has 1 aromatic rings. The first kappa shape index (κ1) is 14.2. The van der Waals surface area contributed by atoms with Crippen molar-refractivity contribution >= 4 is 22.5 Å². The van der Waals surface area contributed by atoms with E-state index in [2.05, 4.69) is 10.4 Å². The van der Waals surface area contributed by atoms with E-state index in [-0.39, 0.29) is 17.4 Å². The van der Waals surface area contributed by atoms with Crippen molar-refractivity contribution in [1.29, 1.82) is 0 Å². The molecule has 5 nitrogen and oxygen atoms in total. The van der Waals surface area contributed by atoms with Crippen LogP contribution in [0.1, 0.15) is 45.9 Å². The molecule has 1 aromatic heterocycles. The number of hydrogen-bond acceptors (Lipinski definition) is 3. The van der Waals surface area contributed by atoms with Gasteiger partial charge in [0, 0.05) is 22.3 Å². The van der Waals surface area contributed by atoms with Crippen LogP contribution in [0.3, 0.4) is 0 Å². The van der Waals surface area contributed by atoms with E-state index in [1.807, 2.05) is 39.3 Å². The van der Waals surface area contributed by atoms with Crippen molar-refractivity contribution in [1.82, 2.24) is 9.78 Å². The van der Waals surface area contributed by atoms with E-state index in [1.165, 1.54) is 0 Å². The van der Waals surface area contributed by atoms with Gasteiger partial charge >= 0.3 is 0 Å². The molecule has 1 unspecified atom stereocenters. The van der Waals surface area contributed by atoms with Gasteiger partial charge in [0.2, 0.25) is 5.91 Å². The summed E-state index contributed by atoms with van der Waals surface area (Å²) in [5.74, 6) is 1.56. The molecule has 0 radical (unpaired) electrons. The van der Waals surface area contributed by atoms with Gasteiger partial charge < -0.3 is 5.32 Å². The molecule has 6 heteroatoms. The third-order valence-corrected chi connectivity index (χ3v) is 4.28. The number of amides is 1. The molecular weight excluding hydrogens is 262 g/mol. The lowest BCUT2D eigenvalue weighted by molar-refractivity contribution is -0.118. The highest BCUT2D eigenvalue weighted by atomic mass is 32.2. The Morgan fingerprint density at radius 2 is 2.00 bits per heavy atom. The average molecular weight is 283 g/mol. The largest absolute Gasteiger partial charge is 0.310 e. The summed E-state index contributed by atoms with van der Waals surface area (Å²) in [4.78, 5) is 11.9. The Morgan fingerprint density at radius 3 is 2.53 bits per heavy atom. The third-order valence-electron chi connectivity index (χ3n) is 3.07. The Balaban J connectivity index is 2.44. The van der Waals surface area contributed by atoms with Crippen LogP contribution in [-0.2, 0) is 32.6 Å². The fraction of sp³-hybridized carbons (Fsp3) is 0.692. The van der Waals surface area contributed by atoms with Crippen LogP contribution in [0.2, 0.25) is 0 Å². The van der Waals surface area contributed by atoms with E-state index < -0.39 is 10.8 Å². The van der Waals surface area contributed by atoms with Crippen LogP contribution >= 0.6 is 0 Å². The van der Waals surface area contributed by atoms with Crippen molar-refractivity contribution in [3.8, 4) is 0 Å². The standard InChI is InChI=1S/C13H21N3O2S/c1-8(2)12(17)14-11-9-6-19(18)7-10(9)15-16(11)13(3,4)5/h8H,6-7H2,1-5H3,(H,14,17). The number of carbonyl (C=O) groups is 1. The van der Waals surface area contributed by atoms with Crippen molar-refractivity contribution in [3.05, 3.63) is 11.3 Å². The summed E-state index contributed by atoms with van der Waals surface area (Å²) in [5.41, 5.74) is 1.57. The second-order valence-corrected chi connectivity index (χ2v) is 7.69. The maximum Gasteiger partial charge on any atom is 0.228 e. The fourth-order valence-electron chi connectivity index (χ4n) is 2.00. The molecule has 0 saturated heterocycles. The molecule has 0 bridgehead atoms. The summed E-state index contributed by atoms with van der Waals surface area (Å²) in [6.45, 7) is 9.82. The van der Waals surface area contributed by atoms with Crippen LogP contribution in [0.15, 0.2) is 0 Å². The number of anilines is 1. The fourth-order valence-corrected chi connectivity index (χ4v) is 3.27. The summed E-state index contributed by atoms with van der Waals surface area (Å²) in [6.07, 6.45) is 0. The van der Waals surface area contributed by atoms with Gasteiger partial charge in [0.05, 0.1) is 22.7 Å². The van der Waals surface area contributed by atoms with Gasteiger partial charge in [-0.3, -0.25) is 9.00 Å². The minimum Gasteiger partial charge on any atom is -0.310 e. The topological polar surface area (TPSA) is 64.0 Å². The maximum atomic E-state index is 11.9. The number of aromatic nitrogens is 2. The monoisotopic (exact) mass is 283 g/mol. The lowest BCUT2D eigenvalue weighted by atomic mass is 10.1. The van der Waals surface area contributed by atoms with Gasteiger partial charge in [-0.2, -0.15) is 5.10 Å². The van der Waals surface area contributed by atoms with E-state index in [9.17, 15) is 9.00 Å². The minimum absolute atomic E-state index is 0.0362. The second-order valence-electron chi connectivity index (χ2n) is 6.23. The molecule has 0 fully saturated rings. The molecule has 2 heterocycles. The smallest absolute Gasteiger partial charge is 0.228 e. The summed E-state index contributed by atoms with van der Waals surface area (Å²) >= 11 is 0. The maximum absolute atomic E-state index is 11.9. The first-order valence-corrected chi connectivity index (χ1v) is 7.96. The third kappa shape index (κ3) is 2.73. The Bertz CT molecular complexity index is 541. The van der Waals surface area contributed by atoms with Crippen LogP contribution in [-0.4, -0.2) is 19.9 Å². The predicted molar refractivity (Wildman–Crippen MR) is 76.2 cm³/mol. The number of nitrogens with one attached hydrogen (secondary N) is 1. The van der Waals surface area contributed by atoms with E-state index in [0.29, 0.717) is 17.3 Å². The van der Waals surface area contributed by atoms with E-state index >= 15 is 0 Å². The first-order chi connectivity index (χ1) is 8.70. The zero-order valence-corrected chi connectivity index (χ0v) is 12.9. The predicted octanol–water partition coefficient (Wildman–Crippen LogP) is 1.99. The Kier molecular flexibility index (Phi) is 3.55. The van der Waals surface area contributed by atoms with Crippen LogP contribution in [0.25, 0.3) is 0 Å². The van der Waals surface area contributed by atoms with Crippen molar-refractivity contribution in [3.63, 3.8) is 0 Å². The molecule has 0 aromatic carbocycles. The van der Waals surface area contributed by atoms with Crippen LogP contribution in [0, 0.1) is 5.92 Å².